The fourth-order valence-corrected chi connectivity index (χ4v) is 2.76. The SMILES string of the molecule is C1CCC2(CCC3(C1)CC3)CO2. The first-order valence-corrected chi connectivity index (χ1v) is 5.47. The van der Waals surface area contributed by atoms with Gasteiger partial charge in [-0.15, -0.1) is 0 Å². The average molecular weight is 166 g/mol. The molecular formula is C11H18O. The van der Waals surface area contributed by atoms with E-state index >= 15 is 0 Å². The van der Waals surface area contributed by atoms with E-state index < -0.39 is 0 Å². The van der Waals surface area contributed by atoms with E-state index in [1.54, 1.807) is 0 Å². The van der Waals surface area contributed by atoms with Crippen molar-refractivity contribution in [3.05, 3.63) is 0 Å². The third-order valence-corrected chi connectivity index (χ3v) is 4.21. The normalized spacial score (nSPS) is 44.0. The fraction of sp³-hybridized carbons (Fsp3) is 1.00. The zero-order valence-electron chi connectivity index (χ0n) is 7.77. The molecule has 12 heavy (non-hydrogen) atoms. The molecule has 0 N–H and O–H groups in total. The Hall–Kier alpha value is -0.0400. The lowest BCUT2D eigenvalue weighted by molar-refractivity contribution is 0.221. The molecular weight excluding hydrogens is 148 g/mol. The lowest BCUT2D eigenvalue weighted by atomic mass is 9.83. The Kier molecular flexibility index (Phi) is 1.39. The summed E-state index contributed by atoms with van der Waals surface area (Å²) >= 11 is 0. The monoisotopic (exact) mass is 166 g/mol. The van der Waals surface area contributed by atoms with Gasteiger partial charge in [-0.25, -0.2) is 0 Å². The Bertz CT molecular complexity index is 167. The summed E-state index contributed by atoms with van der Waals surface area (Å²) in [6, 6.07) is 0. The van der Waals surface area contributed by atoms with Gasteiger partial charge in [-0.1, -0.05) is 12.8 Å². The Morgan fingerprint density at radius 1 is 0.750 bits per heavy atom. The van der Waals surface area contributed by atoms with Crippen LogP contribution in [-0.4, -0.2) is 12.2 Å². The average Bonchev–Trinajstić information content (AvgIpc) is 2.94. The van der Waals surface area contributed by atoms with Crippen molar-refractivity contribution in [2.75, 3.05) is 6.61 Å². The third-order valence-electron chi connectivity index (χ3n) is 4.21. The molecule has 2 saturated carbocycles. The predicted octanol–water partition coefficient (Wildman–Crippen LogP) is 2.89. The first-order chi connectivity index (χ1) is 5.83. The van der Waals surface area contributed by atoms with Gasteiger partial charge >= 0.3 is 0 Å². The Balaban J connectivity index is 1.67. The van der Waals surface area contributed by atoms with Crippen LogP contribution in [0.15, 0.2) is 0 Å². The van der Waals surface area contributed by atoms with Gasteiger partial charge in [-0.2, -0.15) is 0 Å². The van der Waals surface area contributed by atoms with Crippen molar-refractivity contribution in [1.82, 2.24) is 0 Å². The summed E-state index contributed by atoms with van der Waals surface area (Å²) < 4.78 is 5.59. The van der Waals surface area contributed by atoms with Crippen LogP contribution < -0.4 is 0 Å². The highest BCUT2D eigenvalue weighted by Gasteiger charge is 2.50. The van der Waals surface area contributed by atoms with Crippen LogP contribution in [0.4, 0.5) is 0 Å². The number of hydrogen-bond donors (Lipinski definition) is 0. The minimum Gasteiger partial charge on any atom is -0.370 e. The Morgan fingerprint density at radius 3 is 2.08 bits per heavy atom. The molecule has 2 spiro atoms. The summed E-state index contributed by atoms with van der Waals surface area (Å²) in [5.74, 6) is 0. The first-order valence-electron chi connectivity index (χ1n) is 5.47. The van der Waals surface area contributed by atoms with Crippen LogP contribution in [0.5, 0.6) is 0 Å². The van der Waals surface area contributed by atoms with Gasteiger partial charge in [0.2, 0.25) is 0 Å². The lowest BCUT2D eigenvalue weighted by Crippen LogP contribution is -2.17. The second-order valence-electron chi connectivity index (χ2n) is 5.18. The molecule has 3 fully saturated rings. The quantitative estimate of drug-likeness (QED) is 0.504. The zero-order chi connectivity index (χ0) is 8.07. The van der Waals surface area contributed by atoms with Crippen molar-refractivity contribution < 1.29 is 4.74 Å². The molecule has 0 aromatic heterocycles. The standard InChI is InChI=1S/C11H18O/c1-2-4-11(9-12-11)8-7-10(3-1)5-6-10/h1-9H2. The largest absolute Gasteiger partial charge is 0.370 e. The molecule has 0 aromatic carbocycles. The van der Waals surface area contributed by atoms with Crippen LogP contribution in [0, 0.1) is 5.41 Å². The maximum absolute atomic E-state index is 5.59. The van der Waals surface area contributed by atoms with Gasteiger partial charge in [0.05, 0.1) is 12.2 Å². The van der Waals surface area contributed by atoms with Gasteiger partial charge < -0.3 is 4.74 Å². The molecule has 0 radical (unpaired) electrons. The second kappa shape index (κ2) is 2.25. The number of epoxide rings is 1. The Morgan fingerprint density at radius 2 is 1.42 bits per heavy atom. The van der Waals surface area contributed by atoms with E-state index in [1.807, 2.05) is 0 Å². The van der Waals surface area contributed by atoms with Crippen LogP contribution in [0.2, 0.25) is 0 Å². The van der Waals surface area contributed by atoms with Crippen molar-refractivity contribution in [2.24, 2.45) is 5.41 Å². The molecule has 68 valence electrons. The van der Waals surface area contributed by atoms with Crippen molar-refractivity contribution >= 4 is 0 Å². The molecule has 0 aromatic rings. The molecule has 0 amide bonds. The van der Waals surface area contributed by atoms with Crippen LogP contribution >= 0.6 is 0 Å². The molecule has 1 aliphatic heterocycles. The molecule has 1 atom stereocenters. The van der Waals surface area contributed by atoms with Gasteiger partial charge in [0.25, 0.3) is 0 Å². The maximum Gasteiger partial charge on any atom is 0.0916 e. The van der Waals surface area contributed by atoms with Crippen LogP contribution in [0.3, 0.4) is 0 Å². The van der Waals surface area contributed by atoms with Crippen molar-refractivity contribution in [2.45, 2.75) is 57.0 Å². The zero-order valence-corrected chi connectivity index (χ0v) is 7.77. The van der Waals surface area contributed by atoms with E-state index in [2.05, 4.69) is 0 Å². The first kappa shape index (κ1) is 7.37. The van der Waals surface area contributed by atoms with Gasteiger partial charge in [0.1, 0.15) is 0 Å². The molecule has 2 aliphatic carbocycles. The topological polar surface area (TPSA) is 12.5 Å². The van der Waals surface area contributed by atoms with Crippen LogP contribution in [0.25, 0.3) is 0 Å². The molecule has 3 rings (SSSR count). The highest BCUT2D eigenvalue weighted by Crippen LogP contribution is 2.57. The summed E-state index contributed by atoms with van der Waals surface area (Å²) in [6.45, 7) is 1.07. The highest BCUT2D eigenvalue weighted by molar-refractivity contribution is 5.00. The molecule has 0 bridgehead atoms. The molecule has 1 unspecified atom stereocenters. The molecule has 1 heterocycles. The molecule has 1 heteroatoms. The minimum absolute atomic E-state index is 0.399. The van der Waals surface area contributed by atoms with E-state index in [0.29, 0.717) is 5.60 Å². The summed E-state index contributed by atoms with van der Waals surface area (Å²) in [5, 5.41) is 0. The van der Waals surface area contributed by atoms with Gasteiger partial charge in [0.15, 0.2) is 0 Å². The number of hydrogen-bond acceptors (Lipinski definition) is 1. The summed E-state index contributed by atoms with van der Waals surface area (Å²) in [4.78, 5) is 0. The number of ether oxygens (including phenoxy) is 1. The summed E-state index contributed by atoms with van der Waals surface area (Å²) in [7, 11) is 0. The number of rotatable bonds is 0. The Labute approximate surface area is 74.5 Å². The van der Waals surface area contributed by atoms with Crippen LogP contribution in [0.1, 0.15) is 51.4 Å². The van der Waals surface area contributed by atoms with Crippen LogP contribution in [-0.2, 0) is 4.74 Å². The second-order valence-corrected chi connectivity index (χ2v) is 5.18. The van der Waals surface area contributed by atoms with Crippen molar-refractivity contribution in [1.29, 1.82) is 0 Å². The van der Waals surface area contributed by atoms with E-state index in [0.717, 1.165) is 12.0 Å². The predicted molar refractivity (Wildman–Crippen MR) is 48.1 cm³/mol. The lowest BCUT2D eigenvalue weighted by Gasteiger charge is -2.22. The maximum atomic E-state index is 5.59. The van der Waals surface area contributed by atoms with Gasteiger partial charge in [0, 0.05) is 0 Å². The van der Waals surface area contributed by atoms with Gasteiger partial charge in [-0.3, -0.25) is 0 Å². The van der Waals surface area contributed by atoms with E-state index in [1.165, 1.54) is 51.4 Å². The third kappa shape index (κ3) is 1.19. The molecule has 3 aliphatic rings. The molecule has 1 saturated heterocycles. The fourth-order valence-electron chi connectivity index (χ4n) is 2.76. The minimum atomic E-state index is 0.399. The smallest absolute Gasteiger partial charge is 0.0916 e. The van der Waals surface area contributed by atoms with E-state index in [9.17, 15) is 0 Å². The van der Waals surface area contributed by atoms with Gasteiger partial charge in [-0.05, 0) is 43.9 Å². The van der Waals surface area contributed by atoms with E-state index in [-0.39, 0.29) is 0 Å². The van der Waals surface area contributed by atoms with Crippen molar-refractivity contribution in [3.63, 3.8) is 0 Å². The summed E-state index contributed by atoms with van der Waals surface area (Å²) in [5.41, 5.74) is 1.22. The van der Waals surface area contributed by atoms with E-state index in [4.69, 9.17) is 4.74 Å². The summed E-state index contributed by atoms with van der Waals surface area (Å²) in [6.07, 6.45) is 11.6. The highest BCUT2D eigenvalue weighted by atomic mass is 16.6. The van der Waals surface area contributed by atoms with Crippen molar-refractivity contribution in [3.8, 4) is 0 Å². The molecule has 1 nitrogen and oxygen atoms in total.